The molecule has 0 radical (unpaired) electrons. The normalized spacial score (nSPS) is 14.0. The van der Waals surface area contributed by atoms with Gasteiger partial charge in [0.1, 0.15) is 5.82 Å². The fourth-order valence-electron chi connectivity index (χ4n) is 4.55. The van der Waals surface area contributed by atoms with E-state index in [1.165, 1.54) is 12.1 Å². The molecule has 1 aromatic heterocycles. The van der Waals surface area contributed by atoms with E-state index in [-0.39, 0.29) is 24.0 Å². The monoisotopic (exact) mass is 556 g/mol. The molecule has 0 atom stereocenters. The first-order valence-corrected chi connectivity index (χ1v) is 12.5. The molecule has 1 saturated heterocycles. The average molecular weight is 557 g/mol. The van der Waals surface area contributed by atoms with Crippen LogP contribution >= 0.6 is 12.4 Å². The number of rotatable bonds is 9. The van der Waals surface area contributed by atoms with E-state index in [1.807, 2.05) is 6.92 Å². The highest BCUT2D eigenvalue weighted by Gasteiger charge is 2.23. The summed E-state index contributed by atoms with van der Waals surface area (Å²) in [4.78, 5) is 34.7. The van der Waals surface area contributed by atoms with Crippen LogP contribution in [-0.4, -0.2) is 54.7 Å². The number of nitro groups is 1. The molecule has 3 N–H and O–H groups in total. The van der Waals surface area contributed by atoms with Crippen molar-refractivity contribution in [2.45, 2.75) is 26.2 Å². The molecule has 11 nitrogen and oxygen atoms in total. The molecule has 208 valence electrons. The molecular formula is C27H33ClN6O5. The van der Waals surface area contributed by atoms with Crippen molar-refractivity contribution in [2.75, 3.05) is 44.5 Å². The molecule has 1 aliphatic heterocycles. The summed E-state index contributed by atoms with van der Waals surface area (Å²) in [7, 11) is 3.14. The number of carbonyl (C=O) groups is 1. The van der Waals surface area contributed by atoms with Crippen molar-refractivity contribution in [3.05, 3.63) is 57.6 Å². The Morgan fingerprint density at radius 2 is 1.87 bits per heavy atom. The van der Waals surface area contributed by atoms with Gasteiger partial charge in [0.15, 0.2) is 11.5 Å². The first kappa shape index (κ1) is 29.4. The molecule has 0 spiro atoms. The van der Waals surface area contributed by atoms with E-state index in [0.717, 1.165) is 25.9 Å². The molecule has 0 unspecified atom stereocenters. The number of hydrogen-bond donors (Lipinski definition) is 2. The molecule has 1 fully saturated rings. The number of nitrogens with zero attached hydrogens (tertiary/aromatic N) is 4. The number of carbonyl (C=O) groups excluding carboxylic acids is 1. The van der Waals surface area contributed by atoms with Crippen molar-refractivity contribution in [1.29, 1.82) is 0 Å². The quantitative estimate of drug-likeness (QED) is 0.222. The first-order valence-electron chi connectivity index (χ1n) is 12.5. The minimum Gasteiger partial charge on any atom is -0.493 e. The van der Waals surface area contributed by atoms with E-state index in [2.05, 4.69) is 15.2 Å². The Kier molecular flexibility index (Phi) is 9.89. The van der Waals surface area contributed by atoms with Gasteiger partial charge >= 0.3 is 0 Å². The van der Waals surface area contributed by atoms with Gasteiger partial charge in [0.05, 0.1) is 24.7 Å². The Morgan fingerprint density at radius 3 is 2.51 bits per heavy atom. The molecule has 4 rings (SSSR count). The SMILES string of the molecule is CC/C(=C\c1cccc([N+](=O)[O-])c1)C(=O)NCC1CCN(c2nc(N)c3cc(OC)c(OC)cc3n2)CC1.Cl. The van der Waals surface area contributed by atoms with E-state index in [9.17, 15) is 14.9 Å². The zero-order chi connectivity index (χ0) is 27.2. The highest BCUT2D eigenvalue weighted by atomic mass is 35.5. The number of fused-ring (bicyclic) bond motifs is 1. The maximum absolute atomic E-state index is 12.8. The van der Waals surface area contributed by atoms with Crippen LogP contribution < -0.4 is 25.4 Å². The van der Waals surface area contributed by atoms with Gasteiger partial charge < -0.3 is 25.4 Å². The summed E-state index contributed by atoms with van der Waals surface area (Å²) in [6.45, 7) is 3.92. The van der Waals surface area contributed by atoms with E-state index in [1.54, 1.807) is 44.6 Å². The van der Waals surface area contributed by atoms with Crippen molar-refractivity contribution in [3.8, 4) is 11.5 Å². The summed E-state index contributed by atoms with van der Waals surface area (Å²) in [6, 6.07) is 9.83. The van der Waals surface area contributed by atoms with Crippen molar-refractivity contribution in [2.24, 2.45) is 5.92 Å². The number of nitro benzene ring substituents is 1. The number of halogens is 1. The first-order chi connectivity index (χ1) is 18.3. The third-order valence-corrected chi connectivity index (χ3v) is 6.76. The van der Waals surface area contributed by atoms with Crippen LogP contribution in [0.3, 0.4) is 0 Å². The lowest BCUT2D eigenvalue weighted by Crippen LogP contribution is -2.39. The van der Waals surface area contributed by atoms with Gasteiger partial charge in [-0.1, -0.05) is 19.1 Å². The van der Waals surface area contributed by atoms with Crippen LogP contribution in [-0.2, 0) is 4.79 Å². The molecule has 0 aliphatic carbocycles. The smallest absolute Gasteiger partial charge is 0.270 e. The fourth-order valence-corrected chi connectivity index (χ4v) is 4.55. The number of amides is 1. The van der Waals surface area contributed by atoms with Crippen molar-refractivity contribution < 1.29 is 19.2 Å². The predicted octanol–water partition coefficient (Wildman–Crippen LogP) is 4.39. The second-order valence-corrected chi connectivity index (χ2v) is 9.15. The Morgan fingerprint density at radius 1 is 1.18 bits per heavy atom. The lowest BCUT2D eigenvalue weighted by Gasteiger charge is -2.32. The fraction of sp³-hybridized carbons (Fsp3) is 0.370. The van der Waals surface area contributed by atoms with Gasteiger partial charge in [-0.3, -0.25) is 14.9 Å². The molecule has 2 aromatic carbocycles. The molecule has 0 saturated carbocycles. The topological polar surface area (TPSA) is 146 Å². The molecule has 39 heavy (non-hydrogen) atoms. The summed E-state index contributed by atoms with van der Waals surface area (Å²) in [5.74, 6) is 2.24. The zero-order valence-corrected chi connectivity index (χ0v) is 23.0. The second kappa shape index (κ2) is 13.1. The van der Waals surface area contributed by atoms with Crippen molar-refractivity contribution >= 4 is 52.7 Å². The van der Waals surface area contributed by atoms with Crippen molar-refractivity contribution in [3.63, 3.8) is 0 Å². The number of benzene rings is 2. The number of anilines is 2. The molecule has 12 heteroatoms. The molecule has 3 aromatic rings. The standard InChI is InChI=1S/C27H32N6O5.ClH/c1-4-19(12-18-6-5-7-20(13-18)33(35)36)26(34)29-16-17-8-10-32(11-9-17)27-30-22-15-24(38-3)23(37-2)14-21(22)25(28)31-27;/h5-7,12-15,17H,4,8-11,16H2,1-3H3,(H,29,34)(H2,28,30,31);1H/b19-12+;. The Balaban J connectivity index is 0.00000420. The van der Waals surface area contributed by atoms with Gasteiger partial charge in [-0.2, -0.15) is 4.98 Å². The van der Waals surface area contributed by atoms with Crippen LogP contribution in [0.2, 0.25) is 0 Å². The van der Waals surface area contributed by atoms with Crippen LogP contribution in [0.15, 0.2) is 42.0 Å². The maximum atomic E-state index is 12.8. The summed E-state index contributed by atoms with van der Waals surface area (Å²) < 4.78 is 10.8. The van der Waals surface area contributed by atoms with Gasteiger partial charge in [0, 0.05) is 48.8 Å². The molecule has 1 aliphatic rings. The van der Waals surface area contributed by atoms with Gasteiger partial charge in [-0.15, -0.1) is 12.4 Å². The van der Waals surface area contributed by atoms with Gasteiger partial charge in [-0.25, -0.2) is 4.98 Å². The van der Waals surface area contributed by atoms with Crippen LogP contribution in [0.4, 0.5) is 17.5 Å². The minimum absolute atomic E-state index is 0. The number of ether oxygens (including phenoxy) is 2. The lowest BCUT2D eigenvalue weighted by molar-refractivity contribution is -0.384. The molecule has 0 bridgehead atoms. The molecular weight excluding hydrogens is 524 g/mol. The summed E-state index contributed by atoms with van der Waals surface area (Å²) >= 11 is 0. The summed E-state index contributed by atoms with van der Waals surface area (Å²) in [5, 5.41) is 14.8. The van der Waals surface area contributed by atoms with E-state index < -0.39 is 4.92 Å². The molecule has 2 heterocycles. The van der Waals surface area contributed by atoms with E-state index in [4.69, 9.17) is 20.2 Å². The number of nitrogens with one attached hydrogen (secondary N) is 1. The minimum atomic E-state index is -0.444. The third-order valence-electron chi connectivity index (χ3n) is 6.76. The predicted molar refractivity (Wildman–Crippen MR) is 154 cm³/mol. The number of methoxy groups -OCH3 is 2. The highest BCUT2D eigenvalue weighted by molar-refractivity contribution is 5.97. The highest BCUT2D eigenvalue weighted by Crippen LogP contribution is 2.34. The maximum Gasteiger partial charge on any atom is 0.270 e. The van der Waals surface area contributed by atoms with Gasteiger partial charge in [0.25, 0.3) is 5.69 Å². The van der Waals surface area contributed by atoms with Crippen LogP contribution in [0.5, 0.6) is 11.5 Å². The zero-order valence-electron chi connectivity index (χ0n) is 22.2. The van der Waals surface area contributed by atoms with Crippen LogP contribution in [0.1, 0.15) is 31.7 Å². The Labute approximate surface area is 233 Å². The van der Waals surface area contributed by atoms with Crippen LogP contribution in [0.25, 0.3) is 17.0 Å². The van der Waals surface area contributed by atoms with Crippen LogP contribution in [0, 0.1) is 16.0 Å². The third kappa shape index (κ3) is 6.85. The lowest BCUT2D eigenvalue weighted by atomic mass is 9.96. The largest absolute Gasteiger partial charge is 0.493 e. The number of piperidine rings is 1. The summed E-state index contributed by atoms with van der Waals surface area (Å²) in [5.41, 5.74) is 8.14. The number of nitrogens with two attached hydrogens (primary N) is 1. The number of aromatic nitrogens is 2. The molecule has 1 amide bonds. The summed E-state index contributed by atoms with van der Waals surface area (Å²) in [6.07, 6.45) is 3.95. The number of non-ortho nitro benzene ring substituents is 1. The second-order valence-electron chi connectivity index (χ2n) is 9.15. The number of hydrogen-bond acceptors (Lipinski definition) is 9. The Hall–Kier alpha value is -4.12. The number of nitrogen functional groups attached to an aromatic ring is 1. The van der Waals surface area contributed by atoms with Gasteiger partial charge in [0.2, 0.25) is 11.9 Å². The van der Waals surface area contributed by atoms with E-state index in [0.29, 0.717) is 64.2 Å². The van der Waals surface area contributed by atoms with Gasteiger partial charge in [-0.05, 0) is 42.9 Å². The average Bonchev–Trinajstić information content (AvgIpc) is 2.94. The van der Waals surface area contributed by atoms with Crippen molar-refractivity contribution in [1.82, 2.24) is 15.3 Å². The Bertz CT molecular complexity index is 1370. The van der Waals surface area contributed by atoms with E-state index >= 15 is 0 Å².